The van der Waals surface area contributed by atoms with Crippen molar-refractivity contribution in [3.63, 3.8) is 0 Å². The van der Waals surface area contributed by atoms with Crippen LogP contribution in [-0.4, -0.2) is 10.7 Å². The van der Waals surface area contributed by atoms with Gasteiger partial charge in [0.2, 0.25) is 0 Å². The lowest BCUT2D eigenvalue weighted by Crippen LogP contribution is -2.36. The Morgan fingerprint density at radius 3 is 2.79 bits per heavy atom. The molecule has 0 saturated carbocycles. The summed E-state index contributed by atoms with van der Waals surface area (Å²) in [4.78, 5) is 0. The van der Waals surface area contributed by atoms with Crippen molar-refractivity contribution in [2.75, 3.05) is 0 Å². The van der Waals surface area contributed by atoms with Gasteiger partial charge in [0.15, 0.2) is 0 Å². The molecule has 0 spiro atoms. The zero-order chi connectivity index (χ0) is 20.4. The summed E-state index contributed by atoms with van der Waals surface area (Å²) in [6.45, 7) is 11.7. The number of aryl methyl sites for hydroxylation is 1. The number of benzene rings is 1. The van der Waals surface area contributed by atoms with Crippen molar-refractivity contribution in [2.24, 2.45) is 11.3 Å². The van der Waals surface area contributed by atoms with Crippen molar-refractivity contribution in [2.45, 2.75) is 91.6 Å². The van der Waals surface area contributed by atoms with E-state index in [1.165, 1.54) is 31.3 Å². The van der Waals surface area contributed by atoms with E-state index in [9.17, 15) is 5.11 Å². The molecular weight excluding hydrogens is 344 g/mol. The van der Waals surface area contributed by atoms with E-state index in [4.69, 9.17) is 4.74 Å². The molecule has 1 aliphatic carbocycles. The number of phenols is 1. The van der Waals surface area contributed by atoms with Crippen molar-refractivity contribution >= 4 is 0 Å². The monoisotopic (exact) mass is 382 g/mol. The summed E-state index contributed by atoms with van der Waals surface area (Å²) in [5.41, 5.74) is 4.56. The number of ether oxygens (including phenoxy) is 1. The molecule has 2 aliphatic rings. The molecular formula is C26H38O2. The van der Waals surface area contributed by atoms with E-state index in [0.717, 1.165) is 42.9 Å². The summed E-state index contributed by atoms with van der Waals surface area (Å²) in [6, 6.07) is 5.46. The molecule has 1 N–H and O–H groups in total. The van der Waals surface area contributed by atoms with Gasteiger partial charge in [0.25, 0.3) is 0 Å². The Morgan fingerprint density at radius 1 is 1.25 bits per heavy atom. The number of fused-ring (bicyclic) bond motifs is 1. The van der Waals surface area contributed by atoms with Crippen LogP contribution < -0.4 is 4.74 Å². The van der Waals surface area contributed by atoms with Gasteiger partial charge in [-0.3, -0.25) is 0 Å². The van der Waals surface area contributed by atoms with Crippen molar-refractivity contribution in [1.29, 1.82) is 0 Å². The fourth-order valence-electron chi connectivity index (χ4n) is 5.07. The number of phenolic OH excluding ortho intramolecular Hbond substituents is 1. The van der Waals surface area contributed by atoms with Crippen LogP contribution in [0, 0.1) is 11.3 Å². The molecule has 0 bridgehead atoms. The van der Waals surface area contributed by atoms with Gasteiger partial charge < -0.3 is 9.84 Å². The maximum Gasteiger partial charge on any atom is 0.123 e. The lowest BCUT2D eigenvalue weighted by Gasteiger charge is -2.38. The van der Waals surface area contributed by atoms with Gasteiger partial charge in [-0.1, -0.05) is 37.1 Å². The van der Waals surface area contributed by atoms with Crippen molar-refractivity contribution in [3.8, 4) is 11.5 Å². The average Bonchev–Trinajstić information content (AvgIpc) is 2.61. The fraction of sp³-hybridized carbons (Fsp3) is 0.615. The predicted molar refractivity (Wildman–Crippen MR) is 118 cm³/mol. The van der Waals surface area contributed by atoms with E-state index < -0.39 is 0 Å². The third-order valence-electron chi connectivity index (χ3n) is 7.06. The van der Waals surface area contributed by atoms with E-state index in [-0.39, 0.29) is 5.60 Å². The Labute approximate surface area is 171 Å². The molecule has 2 heteroatoms. The molecule has 0 saturated heterocycles. The van der Waals surface area contributed by atoms with Gasteiger partial charge in [0, 0.05) is 0 Å². The molecule has 1 aromatic carbocycles. The lowest BCUT2D eigenvalue weighted by atomic mass is 9.67. The Hall–Kier alpha value is -1.70. The molecule has 0 fully saturated rings. The van der Waals surface area contributed by atoms with Gasteiger partial charge in [-0.25, -0.2) is 0 Å². The molecule has 0 amide bonds. The summed E-state index contributed by atoms with van der Waals surface area (Å²) < 4.78 is 6.30. The Balaban J connectivity index is 1.51. The van der Waals surface area contributed by atoms with E-state index in [1.807, 2.05) is 12.1 Å². The molecule has 0 aromatic heterocycles. The van der Waals surface area contributed by atoms with Gasteiger partial charge in [-0.05, 0) is 107 Å². The van der Waals surface area contributed by atoms with Crippen LogP contribution in [0.5, 0.6) is 11.5 Å². The summed E-state index contributed by atoms with van der Waals surface area (Å²) in [7, 11) is 0. The number of hydrogen-bond donors (Lipinski definition) is 1. The standard InChI is InChI=1S/C26H38O2/c1-19(10-12-23-20(2)9-7-15-25(23,3)4)8-6-16-26(5)17-14-21-18-22(27)11-13-24(21)28-26/h8-9,11,13,18,23,27H,6-7,10,12,14-17H2,1-5H3. The molecule has 2 unspecified atom stereocenters. The van der Waals surface area contributed by atoms with Crippen LogP contribution in [0.15, 0.2) is 41.5 Å². The number of aromatic hydroxyl groups is 1. The van der Waals surface area contributed by atoms with E-state index in [0.29, 0.717) is 11.2 Å². The van der Waals surface area contributed by atoms with Gasteiger partial charge in [0.1, 0.15) is 17.1 Å². The lowest BCUT2D eigenvalue weighted by molar-refractivity contribution is 0.0570. The van der Waals surface area contributed by atoms with Crippen LogP contribution in [0.25, 0.3) is 0 Å². The maximum absolute atomic E-state index is 9.65. The van der Waals surface area contributed by atoms with E-state index in [2.05, 4.69) is 46.8 Å². The predicted octanol–water partition coefficient (Wildman–Crippen LogP) is 7.37. The first-order valence-electron chi connectivity index (χ1n) is 11.0. The zero-order valence-corrected chi connectivity index (χ0v) is 18.5. The minimum atomic E-state index is -0.106. The second-order valence-corrected chi connectivity index (χ2v) is 10.00. The summed E-state index contributed by atoms with van der Waals surface area (Å²) in [5, 5.41) is 9.65. The molecule has 1 aromatic rings. The normalized spacial score (nSPS) is 27.0. The second-order valence-electron chi connectivity index (χ2n) is 10.00. The highest BCUT2D eigenvalue weighted by Gasteiger charge is 2.33. The highest BCUT2D eigenvalue weighted by atomic mass is 16.5. The van der Waals surface area contributed by atoms with Gasteiger partial charge >= 0.3 is 0 Å². The number of rotatable bonds is 6. The third-order valence-corrected chi connectivity index (χ3v) is 7.06. The van der Waals surface area contributed by atoms with Gasteiger partial charge in [-0.15, -0.1) is 0 Å². The Kier molecular flexibility index (Phi) is 6.27. The summed E-state index contributed by atoms with van der Waals surface area (Å²) in [6.07, 6.45) is 14.0. The second kappa shape index (κ2) is 8.35. The quantitative estimate of drug-likeness (QED) is 0.521. The SMILES string of the molecule is CC(=CCCC1(C)CCc2cc(O)ccc2O1)CCC1C(C)=CCCC1(C)C. The molecule has 3 rings (SSSR count). The van der Waals surface area contributed by atoms with Crippen molar-refractivity contribution < 1.29 is 9.84 Å². The first-order valence-corrected chi connectivity index (χ1v) is 11.0. The maximum atomic E-state index is 9.65. The topological polar surface area (TPSA) is 29.5 Å². The Morgan fingerprint density at radius 2 is 2.04 bits per heavy atom. The van der Waals surface area contributed by atoms with Crippen LogP contribution in [0.4, 0.5) is 0 Å². The van der Waals surface area contributed by atoms with Crippen LogP contribution in [-0.2, 0) is 6.42 Å². The molecule has 2 atom stereocenters. The molecule has 28 heavy (non-hydrogen) atoms. The van der Waals surface area contributed by atoms with Crippen LogP contribution in [0.2, 0.25) is 0 Å². The van der Waals surface area contributed by atoms with Crippen molar-refractivity contribution in [1.82, 2.24) is 0 Å². The number of allylic oxidation sites excluding steroid dienone is 4. The minimum Gasteiger partial charge on any atom is -0.508 e. The minimum absolute atomic E-state index is 0.106. The average molecular weight is 383 g/mol. The van der Waals surface area contributed by atoms with Crippen LogP contribution in [0.1, 0.15) is 85.1 Å². The van der Waals surface area contributed by atoms with Crippen molar-refractivity contribution in [3.05, 3.63) is 47.1 Å². The zero-order valence-electron chi connectivity index (χ0n) is 18.5. The third kappa shape index (κ3) is 5.01. The van der Waals surface area contributed by atoms with E-state index in [1.54, 1.807) is 11.6 Å². The summed E-state index contributed by atoms with van der Waals surface area (Å²) >= 11 is 0. The smallest absolute Gasteiger partial charge is 0.123 e. The highest BCUT2D eigenvalue weighted by Crippen LogP contribution is 2.43. The van der Waals surface area contributed by atoms with Crippen LogP contribution in [0.3, 0.4) is 0 Å². The first kappa shape index (κ1) is 21.0. The highest BCUT2D eigenvalue weighted by molar-refractivity contribution is 5.41. The fourth-order valence-corrected chi connectivity index (χ4v) is 5.07. The molecule has 154 valence electrons. The first-order chi connectivity index (χ1) is 13.2. The van der Waals surface area contributed by atoms with Crippen LogP contribution >= 0.6 is 0 Å². The molecule has 1 aliphatic heterocycles. The molecule has 1 heterocycles. The number of hydrogen-bond acceptors (Lipinski definition) is 2. The van der Waals surface area contributed by atoms with Gasteiger partial charge in [-0.2, -0.15) is 0 Å². The summed E-state index contributed by atoms with van der Waals surface area (Å²) in [5.74, 6) is 1.99. The largest absolute Gasteiger partial charge is 0.508 e. The van der Waals surface area contributed by atoms with Gasteiger partial charge in [0.05, 0.1) is 0 Å². The molecule has 0 radical (unpaired) electrons. The Bertz CT molecular complexity index is 756. The van der Waals surface area contributed by atoms with E-state index >= 15 is 0 Å². The molecule has 2 nitrogen and oxygen atoms in total.